The lowest BCUT2D eigenvalue weighted by atomic mass is 10.1. The number of fused-ring (bicyclic) bond motifs is 1. The molecule has 0 fully saturated rings. The third kappa shape index (κ3) is 7.86. The molecule has 0 unspecified atom stereocenters. The van der Waals surface area contributed by atoms with Crippen LogP contribution in [0.1, 0.15) is 15.9 Å². The summed E-state index contributed by atoms with van der Waals surface area (Å²) in [6.07, 6.45) is -1.90. The molecule has 226 valence electrons. The van der Waals surface area contributed by atoms with E-state index in [-0.39, 0.29) is 16.7 Å². The average Bonchev–Trinajstić information content (AvgIpc) is 3.38. The van der Waals surface area contributed by atoms with Gasteiger partial charge in [-0.25, -0.2) is 4.98 Å². The van der Waals surface area contributed by atoms with E-state index < -0.39 is 24.6 Å². The Balaban J connectivity index is 1.43. The lowest BCUT2D eigenvalue weighted by Gasteiger charge is -2.13. The number of rotatable bonds is 12. The van der Waals surface area contributed by atoms with E-state index >= 15 is 0 Å². The molecule has 0 saturated carbocycles. The fraction of sp³-hybridized carbons (Fsp3) is 0.207. The Labute approximate surface area is 247 Å². The zero-order valence-corrected chi connectivity index (χ0v) is 24.1. The van der Waals surface area contributed by atoms with E-state index in [4.69, 9.17) is 23.7 Å². The predicted molar refractivity (Wildman–Crippen MR) is 153 cm³/mol. The molecule has 1 amide bonds. The first-order valence-electron chi connectivity index (χ1n) is 12.3. The minimum atomic E-state index is -4.82. The SMILES string of the molecule is COc1ccc(C=CC(=O)c2cc(OC)c(OC)c(OC)c2)cc1OCC(=O)Nc1nc2ccc(OC(F)(F)F)cc2s1. The number of carbonyl (C=O) groups is 2. The molecule has 0 saturated heterocycles. The maximum atomic E-state index is 12.9. The van der Waals surface area contributed by atoms with Gasteiger partial charge < -0.3 is 28.4 Å². The Morgan fingerprint density at radius 1 is 0.884 bits per heavy atom. The topological polar surface area (TPSA) is 114 Å². The lowest BCUT2D eigenvalue weighted by molar-refractivity contribution is -0.274. The van der Waals surface area contributed by atoms with Crippen molar-refractivity contribution in [1.82, 2.24) is 4.98 Å². The first kappa shape index (κ1) is 31.0. The van der Waals surface area contributed by atoms with Gasteiger partial charge in [-0.3, -0.25) is 14.9 Å². The monoisotopic (exact) mass is 618 g/mol. The first-order chi connectivity index (χ1) is 20.5. The quantitative estimate of drug-likeness (QED) is 0.148. The zero-order chi connectivity index (χ0) is 31.1. The number of thiazole rings is 1. The van der Waals surface area contributed by atoms with E-state index in [9.17, 15) is 22.8 Å². The van der Waals surface area contributed by atoms with Crippen molar-refractivity contribution in [1.29, 1.82) is 0 Å². The summed E-state index contributed by atoms with van der Waals surface area (Å²) in [5.41, 5.74) is 1.28. The number of carbonyl (C=O) groups excluding carboxylic acids is 2. The Bertz CT molecular complexity index is 1640. The summed E-state index contributed by atoms with van der Waals surface area (Å²) >= 11 is 0.977. The zero-order valence-electron chi connectivity index (χ0n) is 23.2. The minimum Gasteiger partial charge on any atom is -0.493 e. The van der Waals surface area contributed by atoms with Crippen LogP contribution < -0.4 is 33.7 Å². The van der Waals surface area contributed by atoms with E-state index in [1.165, 1.54) is 58.8 Å². The molecule has 4 rings (SSSR count). The highest BCUT2D eigenvalue weighted by molar-refractivity contribution is 7.22. The first-order valence-corrected chi connectivity index (χ1v) is 13.1. The van der Waals surface area contributed by atoms with Crippen LogP contribution in [0.5, 0.6) is 34.5 Å². The number of halogens is 3. The minimum absolute atomic E-state index is 0.168. The summed E-state index contributed by atoms with van der Waals surface area (Å²) in [4.78, 5) is 29.6. The van der Waals surface area contributed by atoms with Crippen molar-refractivity contribution >= 4 is 44.5 Å². The highest BCUT2D eigenvalue weighted by Gasteiger charge is 2.31. The van der Waals surface area contributed by atoms with Gasteiger partial charge in [0, 0.05) is 11.6 Å². The molecule has 0 aliphatic carbocycles. The lowest BCUT2D eigenvalue weighted by Crippen LogP contribution is -2.20. The molecule has 43 heavy (non-hydrogen) atoms. The number of benzene rings is 3. The molecule has 3 aromatic carbocycles. The Morgan fingerprint density at radius 3 is 2.21 bits per heavy atom. The summed E-state index contributed by atoms with van der Waals surface area (Å²) in [7, 11) is 5.80. The number of hydrogen-bond acceptors (Lipinski definition) is 10. The van der Waals surface area contributed by atoms with E-state index in [0.29, 0.717) is 44.3 Å². The van der Waals surface area contributed by atoms with Crippen molar-refractivity contribution in [3.8, 4) is 34.5 Å². The van der Waals surface area contributed by atoms with Crippen molar-refractivity contribution in [2.45, 2.75) is 6.36 Å². The largest absolute Gasteiger partial charge is 0.573 e. The van der Waals surface area contributed by atoms with Crippen molar-refractivity contribution in [2.24, 2.45) is 0 Å². The molecule has 0 bridgehead atoms. The van der Waals surface area contributed by atoms with E-state index in [1.54, 1.807) is 24.3 Å². The maximum absolute atomic E-state index is 12.9. The molecule has 1 aromatic heterocycles. The van der Waals surface area contributed by atoms with Gasteiger partial charge in [0.25, 0.3) is 5.91 Å². The highest BCUT2D eigenvalue weighted by atomic mass is 32.1. The van der Waals surface area contributed by atoms with Crippen LogP contribution in [-0.4, -0.2) is 58.1 Å². The summed E-state index contributed by atoms with van der Waals surface area (Å²) in [6, 6.07) is 11.7. The van der Waals surface area contributed by atoms with Crippen molar-refractivity contribution in [3.05, 3.63) is 65.7 Å². The van der Waals surface area contributed by atoms with Crippen LogP contribution in [0, 0.1) is 0 Å². The summed E-state index contributed by atoms with van der Waals surface area (Å²) in [5, 5.41) is 2.73. The number of hydrogen-bond donors (Lipinski definition) is 1. The maximum Gasteiger partial charge on any atom is 0.573 e. The normalized spacial score (nSPS) is 11.3. The van der Waals surface area contributed by atoms with E-state index in [2.05, 4.69) is 15.0 Å². The van der Waals surface area contributed by atoms with Crippen LogP contribution in [0.4, 0.5) is 18.3 Å². The number of ketones is 1. The number of amides is 1. The fourth-order valence-corrected chi connectivity index (χ4v) is 4.77. The third-order valence-corrected chi connectivity index (χ3v) is 6.70. The van der Waals surface area contributed by atoms with Crippen LogP contribution in [0.2, 0.25) is 0 Å². The third-order valence-electron chi connectivity index (χ3n) is 5.76. The second-order valence-corrected chi connectivity index (χ2v) is 9.59. The van der Waals surface area contributed by atoms with Gasteiger partial charge in [-0.1, -0.05) is 23.5 Å². The number of methoxy groups -OCH3 is 4. The molecule has 14 heteroatoms. The van der Waals surface area contributed by atoms with Gasteiger partial charge >= 0.3 is 6.36 Å². The smallest absolute Gasteiger partial charge is 0.493 e. The number of allylic oxidation sites excluding steroid dienone is 1. The van der Waals surface area contributed by atoms with Gasteiger partial charge in [-0.05, 0) is 48.0 Å². The molecule has 0 atom stereocenters. The van der Waals surface area contributed by atoms with Crippen LogP contribution in [0.3, 0.4) is 0 Å². The summed E-state index contributed by atoms with van der Waals surface area (Å²) in [5.74, 6) is 0.328. The predicted octanol–water partition coefficient (Wildman–Crippen LogP) is 6.14. The van der Waals surface area contributed by atoms with Gasteiger partial charge in [0.2, 0.25) is 5.75 Å². The highest BCUT2D eigenvalue weighted by Crippen LogP contribution is 2.38. The summed E-state index contributed by atoms with van der Waals surface area (Å²) < 4.78 is 68.7. The van der Waals surface area contributed by atoms with Crippen molar-refractivity contribution in [2.75, 3.05) is 40.4 Å². The van der Waals surface area contributed by atoms with Crippen LogP contribution in [-0.2, 0) is 4.79 Å². The molecule has 0 spiro atoms. The van der Waals surface area contributed by atoms with Crippen LogP contribution in [0.15, 0.2) is 54.6 Å². The molecule has 4 aromatic rings. The van der Waals surface area contributed by atoms with Gasteiger partial charge in [-0.2, -0.15) is 0 Å². The molecular weight excluding hydrogens is 593 g/mol. The van der Waals surface area contributed by atoms with Gasteiger partial charge in [0.1, 0.15) is 5.75 Å². The molecule has 1 heterocycles. The average molecular weight is 619 g/mol. The Morgan fingerprint density at radius 2 is 1.58 bits per heavy atom. The molecular formula is C29H25F3N2O8S. The summed E-state index contributed by atoms with van der Waals surface area (Å²) in [6.45, 7) is -0.424. The molecule has 0 aliphatic rings. The molecule has 0 radical (unpaired) electrons. The van der Waals surface area contributed by atoms with Crippen LogP contribution in [0.25, 0.3) is 16.3 Å². The second kappa shape index (κ2) is 13.3. The Hall–Kier alpha value is -4.98. The molecule has 1 N–H and O–H groups in total. The standard InChI is InChI=1S/C29H25F3N2O8S/c1-37-21-10-6-16(5-9-20(35)17-12-23(38-2)27(40-4)24(13-17)39-3)11-22(21)41-15-26(36)34-28-33-19-8-7-18(14-25(19)43-28)42-29(30,31)32/h5-14H,15H2,1-4H3,(H,33,34,36). The number of ether oxygens (including phenoxy) is 6. The fourth-order valence-electron chi connectivity index (χ4n) is 3.86. The van der Waals surface area contributed by atoms with E-state index in [1.807, 2.05) is 0 Å². The van der Waals surface area contributed by atoms with Gasteiger partial charge in [0.15, 0.2) is 40.5 Å². The van der Waals surface area contributed by atoms with Gasteiger partial charge in [0.05, 0.1) is 38.7 Å². The van der Waals surface area contributed by atoms with Crippen molar-refractivity contribution < 1.29 is 51.2 Å². The van der Waals surface area contributed by atoms with E-state index in [0.717, 1.165) is 17.4 Å². The second-order valence-electron chi connectivity index (χ2n) is 8.56. The number of aromatic nitrogens is 1. The van der Waals surface area contributed by atoms with Gasteiger partial charge in [-0.15, -0.1) is 13.2 Å². The number of nitrogens with one attached hydrogen (secondary N) is 1. The Kier molecular flexibility index (Phi) is 9.60. The number of nitrogens with zero attached hydrogens (tertiary/aromatic N) is 1. The molecule has 10 nitrogen and oxygen atoms in total. The number of alkyl halides is 3. The molecule has 0 aliphatic heterocycles. The number of anilines is 1. The van der Waals surface area contributed by atoms with Crippen molar-refractivity contribution in [3.63, 3.8) is 0 Å². The van der Waals surface area contributed by atoms with Crippen LogP contribution >= 0.6 is 11.3 Å².